The second-order valence-electron chi connectivity index (χ2n) is 19.6. The molecule has 5 rings (SSSR count). The van der Waals surface area contributed by atoms with Crippen molar-refractivity contribution in [2.75, 3.05) is 65.6 Å². The molecule has 0 amide bonds. The van der Waals surface area contributed by atoms with E-state index in [0.29, 0.717) is 74.3 Å². The number of carboxylic acid groups (broad SMARTS) is 4. The molecule has 0 saturated carbocycles. The Morgan fingerprint density at radius 1 is 0.487 bits per heavy atom. The van der Waals surface area contributed by atoms with E-state index in [4.69, 9.17) is 23.7 Å². The van der Waals surface area contributed by atoms with Gasteiger partial charge < -0.3 is 44.1 Å². The molecule has 0 radical (unpaired) electrons. The van der Waals surface area contributed by atoms with Crippen LogP contribution in [0.3, 0.4) is 0 Å². The average molecular weight is 1080 g/mol. The van der Waals surface area contributed by atoms with Crippen LogP contribution in [-0.2, 0) is 64.5 Å². The molecule has 16 nitrogen and oxygen atoms in total. The Balaban J connectivity index is 1.34. The Labute approximate surface area is 460 Å². The number of aliphatic carboxylic acids is 4. The van der Waals surface area contributed by atoms with Crippen molar-refractivity contribution in [1.82, 2.24) is 14.7 Å². The van der Waals surface area contributed by atoms with Crippen LogP contribution in [0.4, 0.5) is 0 Å². The number of rotatable bonds is 39. The number of carbonyl (C=O) groups is 4. The van der Waals surface area contributed by atoms with Crippen molar-refractivity contribution in [3.63, 3.8) is 0 Å². The van der Waals surface area contributed by atoms with Crippen LogP contribution in [0.15, 0.2) is 109 Å². The molecule has 0 fully saturated rings. The highest BCUT2D eigenvalue weighted by molar-refractivity contribution is 5.73. The summed E-state index contributed by atoms with van der Waals surface area (Å²) in [5.41, 5.74) is 7.02. The summed E-state index contributed by atoms with van der Waals surface area (Å²) in [4.78, 5) is 52.4. The first-order valence-corrected chi connectivity index (χ1v) is 27.4. The van der Waals surface area contributed by atoms with E-state index in [1.54, 1.807) is 23.1 Å². The molecule has 0 aliphatic heterocycles. The topological polar surface area (TPSA) is 205 Å². The Bertz CT molecular complexity index is 2590. The van der Waals surface area contributed by atoms with Crippen LogP contribution in [0, 0.1) is 0 Å². The molecule has 422 valence electrons. The SMILES string of the molecule is CCCCc1ccc(COc2ccc(OCC(COc3ccc(OCc4ccc(CCCC)cc4)cc3CC(=O)O)Oc3ccc(CC(CN(CCN(CC(=O)O)CC(=O)O)CC(=O)O)N(CC)CC)cc3)c(CC)c2)cc1. The van der Waals surface area contributed by atoms with Gasteiger partial charge in [-0.3, -0.25) is 33.9 Å². The maximum absolute atomic E-state index is 12.2. The van der Waals surface area contributed by atoms with Gasteiger partial charge in [0, 0.05) is 31.2 Å². The molecule has 0 aromatic heterocycles. The number of aryl methyl sites for hydroxylation is 3. The van der Waals surface area contributed by atoms with Gasteiger partial charge in [0.2, 0.25) is 0 Å². The molecule has 5 aromatic rings. The van der Waals surface area contributed by atoms with Gasteiger partial charge in [-0.1, -0.05) is 108 Å². The van der Waals surface area contributed by atoms with Crippen LogP contribution in [-0.4, -0.2) is 137 Å². The minimum atomic E-state index is -1.17. The van der Waals surface area contributed by atoms with Crippen molar-refractivity contribution in [1.29, 1.82) is 0 Å². The zero-order valence-corrected chi connectivity index (χ0v) is 46.2. The lowest BCUT2D eigenvalue weighted by molar-refractivity contribution is -0.143. The minimum absolute atomic E-state index is 0.00134. The Morgan fingerprint density at radius 3 is 1.38 bits per heavy atom. The van der Waals surface area contributed by atoms with E-state index in [1.807, 2.05) is 63.2 Å². The summed E-state index contributed by atoms with van der Waals surface area (Å²) in [6.07, 6.45) is 6.90. The van der Waals surface area contributed by atoms with Crippen molar-refractivity contribution >= 4 is 23.9 Å². The smallest absolute Gasteiger partial charge is 0.317 e. The average Bonchev–Trinajstić information content (AvgIpc) is 3.41. The Hall–Kier alpha value is -7.14. The van der Waals surface area contributed by atoms with Gasteiger partial charge in [0.1, 0.15) is 55.2 Å². The van der Waals surface area contributed by atoms with Crippen LogP contribution < -0.4 is 23.7 Å². The molecule has 0 spiro atoms. The monoisotopic (exact) mass is 1080 g/mol. The summed E-state index contributed by atoms with van der Waals surface area (Å²) < 4.78 is 31.9. The van der Waals surface area contributed by atoms with E-state index in [1.165, 1.54) is 16.0 Å². The lowest BCUT2D eigenvalue weighted by Crippen LogP contribution is -2.49. The number of likely N-dealkylation sites (N-methyl/N-ethyl adjacent to an activating group) is 1. The third-order valence-electron chi connectivity index (χ3n) is 13.4. The summed E-state index contributed by atoms with van der Waals surface area (Å²) in [7, 11) is 0. The number of hydrogen-bond acceptors (Lipinski definition) is 12. The van der Waals surface area contributed by atoms with Crippen LogP contribution >= 0.6 is 0 Å². The normalized spacial score (nSPS) is 12.1. The highest BCUT2D eigenvalue weighted by Crippen LogP contribution is 2.29. The second kappa shape index (κ2) is 33.2. The Morgan fingerprint density at radius 2 is 0.923 bits per heavy atom. The highest BCUT2D eigenvalue weighted by Gasteiger charge is 2.24. The highest BCUT2D eigenvalue weighted by atomic mass is 16.6. The molecule has 0 aliphatic carbocycles. The first kappa shape index (κ1) is 61.7. The van der Waals surface area contributed by atoms with Gasteiger partial charge in [0.25, 0.3) is 0 Å². The van der Waals surface area contributed by atoms with Gasteiger partial charge in [0.15, 0.2) is 6.10 Å². The second-order valence-corrected chi connectivity index (χ2v) is 19.6. The summed E-state index contributed by atoms with van der Waals surface area (Å²) in [6.45, 7) is 11.9. The maximum Gasteiger partial charge on any atom is 0.317 e. The van der Waals surface area contributed by atoms with Crippen molar-refractivity contribution in [3.05, 3.63) is 148 Å². The molecule has 5 aromatic carbocycles. The third kappa shape index (κ3) is 22.1. The number of hydrogen-bond donors (Lipinski definition) is 4. The number of nitrogens with zero attached hydrogens (tertiary/aromatic N) is 3. The zero-order valence-electron chi connectivity index (χ0n) is 46.2. The molecule has 0 heterocycles. The van der Waals surface area contributed by atoms with Gasteiger partial charge in [-0.25, -0.2) is 0 Å². The standard InChI is InChI=1S/C62H81N3O13/c1-6-11-13-45-15-19-48(20-16-45)41-74-54-27-29-57(50(8-3)34-54)76-43-56(44-77-58-30-28-55(35-51(58)36-59(66)67)75-42-49-21-17-46(18-22-49)14-12-7-2)78-53-25-23-47(24-26-53)33-52(65(9-4)10-5)37-63(38-60(68)69)31-32-64(39-61(70)71)40-62(72)73/h15-30,34-35,52,56H,6-14,31-33,36-44H2,1-5H3,(H,66,67)(H,68,69)(H,70,71)(H,72,73). The van der Waals surface area contributed by atoms with Crippen LogP contribution in [0.1, 0.15) is 99.2 Å². The van der Waals surface area contributed by atoms with Gasteiger partial charge in [-0.05, 0) is 134 Å². The predicted octanol–water partition coefficient (Wildman–Crippen LogP) is 9.74. The van der Waals surface area contributed by atoms with E-state index in [2.05, 4.69) is 67.3 Å². The van der Waals surface area contributed by atoms with Gasteiger partial charge in [-0.15, -0.1) is 0 Å². The quantitative estimate of drug-likeness (QED) is 0.0289. The molecule has 16 heteroatoms. The molecular weight excluding hydrogens is 995 g/mol. The summed E-state index contributed by atoms with van der Waals surface area (Å²) in [5, 5.41) is 38.5. The van der Waals surface area contributed by atoms with E-state index >= 15 is 0 Å². The van der Waals surface area contributed by atoms with Crippen molar-refractivity contribution in [3.8, 4) is 28.7 Å². The van der Waals surface area contributed by atoms with Gasteiger partial charge >= 0.3 is 23.9 Å². The molecule has 2 unspecified atom stereocenters. The molecule has 0 bridgehead atoms. The largest absolute Gasteiger partial charge is 0.489 e. The van der Waals surface area contributed by atoms with E-state index in [-0.39, 0.29) is 45.3 Å². The first-order valence-electron chi connectivity index (χ1n) is 27.4. The fourth-order valence-electron chi connectivity index (χ4n) is 9.15. The Kier molecular flexibility index (Phi) is 26.3. The fraction of sp³-hybridized carbons (Fsp3) is 0.452. The summed E-state index contributed by atoms with van der Waals surface area (Å²) in [5.74, 6) is -1.61. The lowest BCUT2D eigenvalue weighted by Gasteiger charge is -2.35. The minimum Gasteiger partial charge on any atom is -0.489 e. The molecular formula is C62H81N3O13. The van der Waals surface area contributed by atoms with Crippen molar-refractivity contribution < 1.29 is 63.3 Å². The fourth-order valence-corrected chi connectivity index (χ4v) is 9.15. The maximum atomic E-state index is 12.2. The number of carboxylic acids is 4. The number of ether oxygens (including phenoxy) is 5. The van der Waals surface area contributed by atoms with Gasteiger partial charge in [0.05, 0.1) is 26.1 Å². The third-order valence-corrected chi connectivity index (χ3v) is 13.4. The molecule has 2 atom stereocenters. The molecule has 4 N–H and O–H groups in total. The van der Waals surface area contributed by atoms with E-state index in [9.17, 15) is 39.6 Å². The predicted molar refractivity (Wildman–Crippen MR) is 300 cm³/mol. The van der Waals surface area contributed by atoms with Crippen LogP contribution in [0.5, 0.6) is 28.7 Å². The van der Waals surface area contributed by atoms with Gasteiger partial charge in [-0.2, -0.15) is 0 Å². The van der Waals surface area contributed by atoms with Crippen LogP contribution in [0.2, 0.25) is 0 Å². The number of unbranched alkanes of at least 4 members (excludes halogenated alkanes) is 2. The van der Waals surface area contributed by atoms with Crippen molar-refractivity contribution in [2.45, 2.75) is 118 Å². The number of benzene rings is 5. The first-order chi connectivity index (χ1) is 37.7. The summed E-state index contributed by atoms with van der Waals surface area (Å²) in [6, 6.07) is 35.3. The molecule has 78 heavy (non-hydrogen) atoms. The lowest BCUT2D eigenvalue weighted by atomic mass is 10.0. The van der Waals surface area contributed by atoms with E-state index in [0.717, 1.165) is 66.5 Å². The van der Waals surface area contributed by atoms with E-state index < -0.39 is 43.1 Å². The molecule has 0 saturated heterocycles. The zero-order chi connectivity index (χ0) is 56.2. The molecule has 0 aliphatic rings. The van der Waals surface area contributed by atoms with Crippen LogP contribution in [0.25, 0.3) is 0 Å². The summed E-state index contributed by atoms with van der Waals surface area (Å²) >= 11 is 0. The van der Waals surface area contributed by atoms with Crippen molar-refractivity contribution in [2.24, 2.45) is 0 Å².